The molecule has 0 bridgehead atoms. The number of aliphatic hydroxyl groups is 4. The Kier molecular flexibility index (Phi) is 12.8. The molecule has 30 nitrogen and oxygen atoms in total. The van der Waals surface area contributed by atoms with E-state index in [0.29, 0.717) is 84.9 Å². The number of imidazole rings is 4. The van der Waals surface area contributed by atoms with Gasteiger partial charge in [0.1, 0.15) is 24.4 Å². The van der Waals surface area contributed by atoms with Crippen molar-refractivity contribution in [2.24, 2.45) is 14.1 Å². The van der Waals surface area contributed by atoms with Crippen molar-refractivity contribution < 1.29 is 29.9 Å². The van der Waals surface area contributed by atoms with Gasteiger partial charge in [-0.15, -0.1) is 20.4 Å². The molecular formula is C42H56N24O6. The number of fused-ring (bicyclic) bond motifs is 2. The number of hydrogen-bond acceptors (Lipinski definition) is 24. The molecule has 2 aliphatic heterocycles. The molecule has 2 unspecified atom stereocenters. The number of aromatic nitrogens is 20. The van der Waals surface area contributed by atoms with Gasteiger partial charge in [0.15, 0.2) is 58.6 Å². The van der Waals surface area contributed by atoms with E-state index in [1.165, 1.54) is 22.2 Å². The lowest BCUT2D eigenvalue weighted by Gasteiger charge is -2.30. The molecule has 8 aromatic heterocycles. The number of ether oxygens (including phenoxy) is 2. The Morgan fingerprint density at radius 2 is 1.00 bits per heavy atom. The van der Waals surface area contributed by atoms with Gasteiger partial charge in [0.25, 0.3) is 0 Å². The van der Waals surface area contributed by atoms with Crippen LogP contribution in [0.25, 0.3) is 22.3 Å². The van der Waals surface area contributed by atoms with E-state index in [9.17, 15) is 20.4 Å². The van der Waals surface area contributed by atoms with Gasteiger partial charge in [0.2, 0.25) is 23.5 Å². The van der Waals surface area contributed by atoms with Crippen LogP contribution in [0, 0.1) is 0 Å². The van der Waals surface area contributed by atoms with E-state index in [1.54, 1.807) is 21.8 Å². The number of hydrogen-bond donors (Lipinski definition) is 8. The number of tetrazole rings is 2. The zero-order chi connectivity index (χ0) is 49.6. The second kappa shape index (κ2) is 19.7. The standard InChI is InChI=1S/C42H56N24O6/c1-5-65-57-35(55-59-65)31-27(67)29(69)39(71-31)63-19-47-25-33(51-41(53-37(25)63)43-13-11-23-15-61(3)17-45-23)49-21-7-9-22(10-8-21)50-34-26-38(54-42(52-34)44-14-12-24-16-62(4)18-46-24)64(20-48-26)40-30(70)28(68)32(72-40)36-56-60-66(6-2)58-36/h15-22,27-32,39-40,67-70H,5-14H2,1-4H3,(H2,43,49,51,53)(H2,44,50,52,54)/t21?,22?,27-,28-,29+,30+,31-,32-,39?,40?/m0/s1. The molecule has 1 aliphatic carbocycles. The van der Waals surface area contributed by atoms with Crippen LogP contribution in [0.4, 0.5) is 23.5 Å². The van der Waals surface area contributed by atoms with Gasteiger partial charge in [-0.25, -0.2) is 19.9 Å². The van der Waals surface area contributed by atoms with Crippen LogP contribution in [0.2, 0.25) is 0 Å². The molecule has 11 rings (SSSR count). The van der Waals surface area contributed by atoms with Gasteiger partial charge >= 0.3 is 0 Å². The molecule has 380 valence electrons. The highest BCUT2D eigenvalue weighted by Gasteiger charge is 2.48. The third kappa shape index (κ3) is 9.22. The average molecular weight is 993 g/mol. The quantitative estimate of drug-likeness (QED) is 0.0541. The summed E-state index contributed by atoms with van der Waals surface area (Å²) in [5.74, 6) is 1.95. The van der Waals surface area contributed by atoms with Crippen molar-refractivity contribution in [2.75, 3.05) is 34.4 Å². The van der Waals surface area contributed by atoms with Crippen molar-refractivity contribution in [1.82, 2.24) is 98.6 Å². The maximum atomic E-state index is 11.3. The largest absolute Gasteiger partial charge is 0.387 e. The zero-order valence-electron chi connectivity index (χ0n) is 39.9. The average Bonchev–Trinajstić information content (AvgIpc) is 4.26. The van der Waals surface area contributed by atoms with Gasteiger partial charge in [0.05, 0.1) is 49.8 Å². The summed E-state index contributed by atoms with van der Waals surface area (Å²) >= 11 is 0. The Bertz CT molecular complexity index is 2930. The number of nitrogens with zero attached hydrogens (tertiary/aromatic N) is 20. The molecule has 1 saturated carbocycles. The number of aryl methyl sites for hydroxylation is 4. The molecule has 30 heteroatoms. The lowest BCUT2D eigenvalue weighted by Crippen LogP contribution is -2.33. The molecule has 0 radical (unpaired) electrons. The summed E-state index contributed by atoms with van der Waals surface area (Å²) in [6, 6.07) is -0.0247. The van der Waals surface area contributed by atoms with Crippen molar-refractivity contribution in [3.63, 3.8) is 0 Å². The normalized spacial score (nSPS) is 25.5. The van der Waals surface area contributed by atoms with Gasteiger partial charge in [-0.3, -0.25) is 9.13 Å². The molecule has 8 N–H and O–H groups in total. The number of aliphatic hydroxyl groups excluding tert-OH is 4. The lowest BCUT2D eigenvalue weighted by atomic mass is 9.91. The highest BCUT2D eigenvalue weighted by atomic mass is 16.6. The summed E-state index contributed by atoms with van der Waals surface area (Å²) in [6.07, 6.45) is 5.02. The predicted octanol–water partition coefficient (Wildman–Crippen LogP) is -0.426. The maximum Gasteiger partial charge on any atom is 0.226 e. The fourth-order valence-corrected chi connectivity index (χ4v) is 9.34. The van der Waals surface area contributed by atoms with Gasteiger partial charge in [-0.05, 0) is 50.0 Å². The van der Waals surface area contributed by atoms with Crippen molar-refractivity contribution in [1.29, 1.82) is 0 Å². The van der Waals surface area contributed by atoms with E-state index >= 15 is 0 Å². The Morgan fingerprint density at radius 1 is 0.569 bits per heavy atom. The molecule has 3 aliphatic rings. The topological polar surface area (TPSA) is 358 Å². The molecule has 8 aromatic rings. The summed E-state index contributed by atoms with van der Waals surface area (Å²) in [5.41, 5.74) is 3.47. The highest BCUT2D eigenvalue weighted by Crippen LogP contribution is 2.41. The van der Waals surface area contributed by atoms with E-state index < -0.39 is 49.1 Å². The summed E-state index contributed by atoms with van der Waals surface area (Å²) in [4.78, 5) is 40.5. The molecule has 72 heavy (non-hydrogen) atoms. The van der Waals surface area contributed by atoms with Crippen molar-refractivity contribution >= 4 is 45.9 Å². The van der Waals surface area contributed by atoms with Crippen LogP contribution in [0.1, 0.15) is 87.2 Å². The fraction of sp³-hybridized carbons (Fsp3) is 0.571. The van der Waals surface area contributed by atoms with Crippen LogP contribution in [0.15, 0.2) is 37.7 Å². The van der Waals surface area contributed by atoms with E-state index in [4.69, 9.17) is 39.4 Å². The van der Waals surface area contributed by atoms with Crippen molar-refractivity contribution in [3.05, 3.63) is 60.7 Å². The monoisotopic (exact) mass is 992 g/mol. The second-order valence-corrected chi connectivity index (χ2v) is 18.2. The second-order valence-electron chi connectivity index (χ2n) is 18.2. The summed E-state index contributed by atoms with van der Waals surface area (Å²) < 4.78 is 19.4. The molecule has 0 amide bonds. The van der Waals surface area contributed by atoms with Gasteiger partial charge < -0.3 is 60.3 Å². The van der Waals surface area contributed by atoms with Crippen LogP contribution in [-0.4, -0.2) is 169 Å². The van der Waals surface area contributed by atoms with E-state index in [2.05, 4.69) is 62.1 Å². The number of nitrogens with one attached hydrogen (secondary N) is 4. The third-order valence-corrected chi connectivity index (χ3v) is 13.1. The van der Waals surface area contributed by atoms with Crippen LogP contribution < -0.4 is 21.3 Å². The minimum absolute atomic E-state index is 0.0123. The van der Waals surface area contributed by atoms with Gasteiger partial charge in [0, 0.05) is 64.5 Å². The van der Waals surface area contributed by atoms with Crippen molar-refractivity contribution in [2.45, 2.75) is 127 Å². The molecule has 10 heterocycles. The van der Waals surface area contributed by atoms with Crippen LogP contribution >= 0.6 is 0 Å². The Labute approximate surface area is 409 Å². The Morgan fingerprint density at radius 3 is 1.38 bits per heavy atom. The predicted molar refractivity (Wildman–Crippen MR) is 251 cm³/mol. The SMILES string of the molecule is CCn1nnc([C@H]2OC(n3cnc4c(NC5CCC(Nc6nc(NCCc7cn(C)cn7)nc7c6ncn7C6O[C@H](c7nnn(CC)n7)[C@@H](O)[C@H]6O)CC5)nc(NCCc5cn(C)cn5)nc43)[C@H](O)[C@@H]2O)n1. The molecule has 8 atom stereocenters. The summed E-state index contributed by atoms with van der Waals surface area (Å²) in [6.45, 7) is 5.65. The number of rotatable bonds is 18. The zero-order valence-corrected chi connectivity index (χ0v) is 39.9. The molecular weight excluding hydrogens is 937 g/mol. The van der Waals surface area contributed by atoms with Crippen molar-refractivity contribution in [3.8, 4) is 0 Å². The van der Waals surface area contributed by atoms with Crippen LogP contribution in [0.3, 0.4) is 0 Å². The fourth-order valence-electron chi connectivity index (χ4n) is 9.34. The maximum absolute atomic E-state index is 11.3. The minimum Gasteiger partial charge on any atom is -0.387 e. The smallest absolute Gasteiger partial charge is 0.226 e. The van der Waals surface area contributed by atoms with E-state index in [1.807, 2.05) is 49.5 Å². The van der Waals surface area contributed by atoms with Gasteiger partial charge in [-0.2, -0.15) is 29.5 Å². The Balaban J connectivity index is 0.821. The van der Waals surface area contributed by atoms with E-state index in [0.717, 1.165) is 37.1 Å². The first-order valence-corrected chi connectivity index (χ1v) is 24.0. The minimum atomic E-state index is -1.36. The van der Waals surface area contributed by atoms with Crippen LogP contribution in [-0.2, 0) is 49.5 Å². The highest BCUT2D eigenvalue weighted by molar-refractivity contribution is 5.85. The molecule has 0 spiro atoms. The summed E-state index contributed by atoms with van der Waals surface area (Å²) in [7, 11) is 3.83. The first kappa shape index (κ1) is 47.0. The van der Waals surface area contributed by atoms with Gasteiger partial charge in [-0.1, -0.05) is 0 Å². The first-order valence-electron chi connectivity index (χ1n) is 24.0. The molecule has 2 saturated heterocycles. The van der Waals surface area contributed by atoms with E-state index in [-0.39, 0.29) is 23.7 Å². The first-order chi connectivity index (χ1) is 35.0. The molecule has 0 aromatic carbocycles. The third-order valence-electron chi connectivity index (χ3n) is 13.1. The summed E-state index contributed by atoms with van der Waals surface area (Å²) in [5, 5.41) is 83.5. The Hall–Kier alpha value is -7.38. The van der Waals surface area contributed by atoms with Crippen LogP contribution in [0.5, 0.6) is 0 Å². The lowest BCUT2D eigenvalue weighted by molar-refractivity contribution is -0.0384. The molecule has 3 fully saturated rings. The number of anilines is 4.